The van der Waals surface area contributed by atoms with Gasteiger partial charge in [0.1, 0.15) is 29.4 Å². The number of hydrogen-bond donors (Lipinski definition) is 2. The molecular formula is C24H35IN4O4. The Kier molecular flexibility index (Phi) is 11.0. The van der Waals surface area contributed by atoms with Crippen molar-refractivity contribution in [3.8, 4) is 5.75 Å². The first-order valence-electron chi connectivity index (χ1n) is 11.1. The number of methoxy groups -OCH3 is 2. The molecule has 9 heteroatoms. The molecule has 1 aromatic carbocycles. The minimum absolute atomic E-state index is 0. The third kappa shape index (κ3) is 7.10. The number of ether oxygens (including phenoxy) is 2. The summed E-state index contributed by atoms with van der Waals surface area (Å²) in [5.74, 6) is 2.33. The molecule has 8 nitrogen and oxygen atoms in total. The number of nitrogens with zero attached hydrogens (tertiary/aromatic N) is 2. The number of rotatable bonds is 9. The second-order valence-electron chi connectivity index (χ2n) is 7.75. The molecule has 33 heavy (non-hydrogen) atoms. The number of nitrogens with one attached hydrogen (secondary N) is 2. The van der Waals surface area contributed by atoms with E-state index in [-0.39, 0.29) is 30.0 Å². The molecule has 1 saturated heterocycles. The molecule has 2 N–H and O–H groups in total. The fraction of sp³-hybridized carbons (Fsp3) is 0.500. The van der Waals surface area contributed by atoms with E-state index in [0.29, 0.717) is 36.1 Å². The standard InChI is InChI=1S/C24H34N4O4.HI/c1-5-25-24(26-15-18-14-20(17(2)32-18)23(29)31-4)27-16-21(28-12-8-9-13-28)19-10-6-7-11-22(19)30-3;/h6-7,10-11,14,21H,5,8-9,12-13,15-16H2,1-4H3,(H2,25,26,27);1H. The quantitative estimate of drug-likeness (QED) is 0.205. The summed E-state index contributed by atoms with van der Waals surface area (Å²) >= 11 is 0. The monoisotopic (exact) mass is 570 g/mol. The second-order valence-corrected chi connectivity index (χ2v) is 7.75. The Morgan fingerprint density at radius 1 is 1.21 bits per heavy atom. The molecule has 1 aliphatic heterocycles. The second kappa shape index (κ2) is 13.4. The van der Waals surface area contributed by atoms with Gasteiger partial charge in [-0.05, 0) is 51.9 Å². The first kappa shape index (κ1) is 27.0. The highest BCUT2D eigenvalue weighted by molar-refractivity contribution is 14.0. The molecule has 0 spiro atoms. The summed E-state index contributed by atoms with van der Waals surface area (Å²) in [5.41, 5.74) is 1.60. The first-order chi connectivity index (χ1) is 15.6. The normalized spacial score (nSPS) is 15.0. The van der Waals surface area contributed by atoms with Crippen LogP contribution in [0.4, 0.5) is 0 Å². The zero-order chi connectivity index (χ0) is 22.9. The van der Waals surface area contributed by atoms with Crippen LogP contribution in [0.2, 0.25) is 0 Å². The number of benzene rings is 1. The predicted octanol–water partition coefficient (Wildman–Crippen LogP) is 3.89. The minimum atomic E-state index is -0.406. The van der Waals surface area contributed by atoms with Crippen LogP contribution in [0.15, 0.2) is 39.7 Å². The van der Waals surface area contributed by atoms with Crippen LogP contribution in [0.3, 0.4) is 0 Å². The molecule has 182 valence electrons. The molecule has 0 aliphatic carbocycles. The fourth-order valence-electron chi connectivity index (χ4n) is 4.06. The van der Waals surface area contributed by atoms with E-state index in [4.69, 9.17) is 13.9 Å². The molecule has 0 saturated carbocycles. The van der Waals surface area contributed by atoms with E-state index < -0.39 is 5.97 Å². The van der Waals surface area contributed by atoms with Crippen LogP contribution in [-0.2, 0) is 11.3 Å². The van der Waals surface area contributed by atoms with E-state index in [1.54, 1.807) is 20.1 Å². The van der Waals surface area contributed by atoms with Gasteiger partial charge in [-0.2, -0.15) is 0 Å². The SMILES string of the molecule is CCNC(=NCc1cc(C(=O)OC)c(C)o1)NCC(c1ccccc1OC)N1CCCC1.I. The number of aryl methyl sites for hydroxylation is 1. The van der Waals surface area contributed by atoms with Crippen LogP contribution < -0.4 is 15.4 Å². The molecule has 0 bridgehead atoms. The van der Waals surface area contributed by atoms with Gasteiger partial charge < -0.3 is 24.5 Å². The topological polar surface area (TPSA) is 88.3 Å². The summed E-state index contributed by atoms with van der Waals surface area (Å²) in [6, 6.07) is 10.1. The van der Waals surface area contributed by atoms with Gasteiger partial charge in [0.2, 0.25) is 0 Å². The maximum absolute atomic E-state index is 11.8. The number of carbonyl (C=O) groups is 1. The minimum Gasteiger partial charge on any atom is -0.496 e. The van der Waals surface area contributed by atoms with Crippen LogP contribution in [0, 0.1) is 6.92 Å². The lowest BCUT2D eigenvalue weighted by Crippen LogP contribution is -2.42. The zero-order valence-electron chi connectivity index (χ0n) is 19.8. The summed E-state index contributed by atoms with van der Waals surface area (Å²) in [6.45, 7) is 7.66. The van der Waals surface area contributed by atoms with E-state index in [1.165, 1.54) is 25.5 Å². The van der Waals surface area contributed by atoms with E-state index in [2.05, 4.69) is 32.7 Å². The van der Waals surface area contributed by atoms with Crippen LogP contribution in [-0.4, -0.2) is 57.2 Å². The molecule has 0 radical (unpaired) electrons. The Morgan fingerprint density at radius 2 is 1.94 bits per heavy atom. The van der Waals surface area contributed by atoms with Crippen LogP contribution in [0.25, 0.3) is 0 Å². The van der Waals surface area contributed by atoms with Crippen molar-refractivity contribution in [3.05, 3.63) is 53.0 Å². The van der Waals surface area contributed by atoms with Crippen molar-refractivity contribution < 1.29 is 18.7 Å². The van der Waals surface area contributed by atoms with Crippen molar-refractivity contribution in [2.24, 2.45) is 4.99 Å². The third-order valence-electron chi connectivity index (χ3n) is 5.65. The number of para-hydroxylation sites is 1. The highest BCUT2D eigenvalue weighted by Crippen LogP contribution is 2.31. The molecule has 1 aromatic heterocycles. The molecular weight excluding hydrogens is 535 g/mol. The van der Waals surface area contributed by atoms with Gasteiger partial charge >= 0.3 is 5.97 Å². The summed E-state index contributed by atoms with van der Waals surface area (Å²) < 4.78 is 16.1. The van der Waals surface area contributed by atoms with E-state index in [0.717, 1.165) is 25.4 Å². The number of guanidine groups is 1. The molecule has 3 rings (SSSR count). The molecule has 0 amide bonds. The van der Waals surface area contributed by atoms with Gasteiger partial charge in [0, 0.05) is 18.7 Å². The molecule has 1 unspecified atom stereocenters. The van der Waals surface area contributed by atoms with Gasteiger partial charge in [-0.15, -0.1) is 24.0 Å². The van der Waals surface area contributed by atoms with Crippen molar-refractivity contribution in [1.82, 2.24) is 15.5 Å². The van der Waals surface area contributed by atoms with E-state index >= 15 is 0 Å². The van der Waals surface area contributed by atoms with Gasteiger partial charge in [-0.25, -0.2) is 9.79 Å². The van der Waals surface area contributed by atoms with E-state index in [1.807, 2.05) is 19.1 Å². The van der Waals surface area contributed by atoms with Crippen LogP contribution in [0.1, 0.15) is 53.2 Å². The Bertz CT molecular complexity index is 925. The molecule has 1 aliphatic rings. The van der Waals surface area contributed by atoms with Crippen molar-refractivity contribution in [2.45, 2.75) is 39.3 Å². The zero-order valence-corrected chi connectivity index (χ0v) is 22.2. The van der Waals surface area contributed by atoms with E-state index in [9.17, 15) is 4.79 Å². The maximum Gasteiger partial charge on any atom is 0.341 e. The molecule has 1 atom stereocenters. The molecule has 1 fully saturated rings. The van der Waals surface area contributed by atoms with Crippen LogP contribution in [0.5, 0.6) is 5.75 Å². The van der Waals surface area contributed by atoms with Crippen molar-refractivity contribution in [2.75, 3.05) is 40.4 Å². The van der Waals surface area contributed by atoms with Gasteiger partial charge in [0.05, 0.1) is 20.3 Å². The van der Waals surface area contributed by atoms with Crippen LogP contribution >= 0.6 is 24.0 Å². The van der Waals surface area contributed by atoms with Gasteiger partial charge in [0.25, 0.3) is 0 Å². The first-order valence-corrected chi connectivity index (χ1v) is 11.1. The van der Waals surface area contributed by atoms with Crippen molar-refractivity contribution >= 4 is 35.9 Å². The number of halogens is 1. The summed E-state index contributed by atoms with van der Waals surface area (Å²) in [4.78, 5) is 19.0. The smallest absolute Gasteiger partial charge is 0.341 e. The number of aliphatic imine (C=N–C) groups is 1. The predicted molar refractivity (Wildman–Crippen MR) is 140 cm³/mol. The van der Waals surface area contributed by atoms with Gasteiger partial charge in [-0.1, -0.05) is 18.2 Å². The van der Waals surface area contributed by atoms with Gasteiger partial charge in [-0.3, -0.25) is 4.90 Å². The van der Waals surface area contributed by atoms with Gasteiger partial charge in [0.15, 0.2) is 5.96 Å². The lowest BCUT2D eigenvalue weighted by Gasteiger charge is -2.30. The molecule has 2 aromatic rings. The maximum atomic E-state index is 11.8. The lowest BCUT2D eigenvalue weighted by atomic mass is 10.0. The highest BCUT2D eigenvalue weighted by atomic mass is 127. The molecule has 2 heterocycles. The number of esters is 1. The van der Waals surface area contributed by atoms with Crippen molar-refractivity contribution in [3.63, 3.8) is 0 Å². The van der Waals surface area contributed by atoms with Crippen molar-refractivity contribution in [1.29, 1.82) is 0 Å². The Labute approximate surface area is 213 Å². The number of carbonyl (C=O) groups excluding carboxylic acids is 1. The Hall–Kier alpha value is -2.27. The average molecular weight is 570 g/mol. The number of hydrogen-bond acceptors (Lipinski definition) is 6. The summed E-state index contributed by atoms with van der Waals surface area (Å²) in [6.07, 6.45) is 2.42. The highest BCUT2D eigenvalue weighted by Gasteiger charge is 2.26. The largest absolute Gasteiger partial charge is 0.496 e. The summed E-state index contributed by atoms with van der Waals surface area (Å²) in [5, 5.41) is 6.77. The third-order valence-corrected chi connectivity index (χ3v) is 5.65. The Morgan fingerprint density at radius 3 is 2.61 bits per heavy atom. The number of furan rings is 1. The lowest BCUT2D eigenvalue weighted by molar-refractivity contribution is 0.0599. The Balaban J connectivity index is 0.00000385. The fourth-order valence-corrected chi connectivity index (χ4v) is 4.06. The summed E-state index contributed by atoms with van der Waals surface area (Å²) in [7, 11) is 3.07. The number of likely N-dealkylation sites (tertiary alicyclic amines) is 1. The average Bonchev–Trinajstić information content (AvgIpc) is 3.47.